The molecule has 0 heterocycles. The molecule has 0 aliphatic heterocycles. The van der Waals surface area contributed by atoms with Crippen molar-refractivity contribution in [3.63, 3.8) is 0 Å². The van der Waals surface area contributed by atoms with Crippen LogP contribution in [0.1, 0.15) is 85.5 Å². The summed E-state index contributed by atoms with van der Waals surface area (Å²) in [5.41, 5.74) is 0. The fourth-order valence-corrected chi connectivity index (χ4v) is 2.71. The van der Waals surface area contributed by atoms with Crippen molar-refractivity contribution in [2.24, 2.45) is 11.8 Å². The maximum atomic E-state index is 3.52. The van der Waals surface area contributed by atoms with Crippen LogP contribution in [0.2, 0.25) is 0 Å². The van der Waals surface area contributed by atoms with E-state index in [1.165, 1.54) is 64.3 Å². The van der Waals surface area contributed by atoms with E-state index in [-0.39, 0.29) is 0 Å². The van der Waals surface area contributed by atoms with Crippen LogP contribution in [-0.4, -0.2) is 13.1 Å². The molecule has 0 rings (SSSR count). The molecule has 0 aromatic heterocycles. The molecule has 0 aromatic carbocycles. The van der Waals surface area contributed by atoms with Crippen molar-refractivity contribution in [1.29, 1.82) is 0 Å². The highest BCUT2D eigenvalue weighted by molar-refractivity contribution is 4.64. The molecule has 0 spiro atoms. The Hall–Kier alpha value is -0.0400. The quantitative estimate of drug-likeness (QED) is 0.435. The third-order valence-corrected chi connectivity index (χ3v) is 3.70. The van der Waals surface area contributed by atoms with Crippen LogP contribution in [0.15, 0.2) is 0 Å². The summed E-state index contributed by atoms with van der Waals surface area (Å²) in [4.78, 5) is 0. The van der Waals surface area contributed by atoms with Gasteiger partial charge >= 0.3 is 0 Å². The first-order chi connectivity index (χ1) is 8.70. The Balaban J connectivity index is 3.49. The van der Waals surface area contributed by atoms with Crippen molar-refractivity contribution < 1.29 is 0 Å². The van der Waals surface area contributed by atoms with Gasteiger partial charge in [-0.25, -0.2) is 0 Å². The van der Waals surface area contributed by atoms with Crippen LogP contribution in [-0.2, 0) is 0 Å². The second kappa shape index (κ2) is 13.4. The lowest BCUT2D eigenvalue weighted by Gasteiger charge is -2.19. The standard InChI is InChI=1S/C17H37N/c1-5-7-8-9-10-11-12-13-17(14-16(3)4)15-18-6-2/h16-18H,5-15H2,1-4H3. The molecule has 1 heteroatoms. The molecule has 1 unspecified atom stereocenters. The summed E-state index contributed by atoms with van der Waals surface area (Å²) < 4.78 is 0. The summed E-state index contributed by atoms with van der Waals surface area (Å²) in [6.07, 6.45) is 12.9. The zero-order chi connectivity index (χ0) is 13.6. The van der Waals surface area contributed by atoms with E-state index in [1.807, 2.05) is 0 Å². The van der Waals surface area contributed by atoms with Gasteiger partial charge in [-0.3, -0.25) is 0 Å². The number of nitrogens with one attached hydrogen (secondary N) is 1. The highest BCUT2D eigenvalue weighted by Gasteiger charge is 2.09. The Morgan fingerprint density at radius 2 is 1.44 bits per heavy atom. The van der Waals surface area contributed by atoms with Gasteiger partial charge in [0.25, 0.3) is 0 Å². The van der Waals surface area contributed by atoms with Gasteiger partial charge in [0.2, 0.25) is 0 Å². The Morgan fingerprint density at radius 1 is 0.833 bits per heavy atom. The zero-order valence-electron chi connectivity index (χ0n) is 13.4. The van der Waals surface area contributed by atoms with Crippen LogP contribution in [0, 0.1) is 11.8 Å². The minimum Gasteiger partial charge on any atom is -0.317 e. The molecule has 0 bridgehead atoms. The lowest BCUT2D eigenvalue weighted by molar-refractivity contribution is 0.356. The van der Waals surface area contributed by atoms with Gasteiger partial charge < -0.3 is 5.32 Å². The van der Waals surface area contributed by atoms with Crippen LogP contribution in [0.25, 0.3) is 0 Å². The van der Waals surface area contributed by atoms with E-state index in [1.54, 1.807) is 0 Å². The molecule has 0 aliphatic carbocycles. The molecule has 1 N–H and O–H groups in total. The topological polar surface area (TPSA) is 12.0 Å². The number of rotatable bonds is 13. The molecule has 110 valence electrons. The van der Waals surface area contributed by atoms with Gasteiger partial charge in [0.1, 0.15) is 0 Å². The van der Waals surface area contributed by atoms with Crippen LogP contribution in [0.5, 0.6) is 0 Å². The van der Waals surface area contributed by atoms with Crippen molar-refractivity contribution in [2.75, 3.05) is 13.1 Å². The molecule has 0 aliphatic rings. The number of unbranched alkanes of at least 4 members (excludes halogenated alkanes) is 6. The summed E-state index contributed by atoms with van der Waals surface area (Å²) >= 11 is 0. The lowest BCUT2D eigenvalue weighted by Crippen LogP contribution is -2.23. The van der Waals surface area contributed by atoms with E-state index in [2.05, 4.69) is 33.0 Å². The zero-order valence-corrected chi connectivity index (χ0v) is 13.4. The van der Waals surface area contributed by atoms with Crippen molar-refractivity contribution in [3.05, 3.63) is 0 Å². The predicted molar refractivity (Wildman–Crippen MR) is 84.1 cm³/mol. The van der Waals surface area contributed by atoms with Gasteiger partial charge in [0.15, 0.2) is 0 Å². The molecule has 1 nitrogen and oxygen atoms in total. The summed E-state index contributed by atoms with van der Waals surface area (Å²) in [5, 5.41) is 3.52. The van der Waals surface area contributed by atoms with E-state index >= 15 is 0 Å². The van der Waals surface area contributed by atoms with Gasteiger partial charge in [-0.1, -0.05) is 72.6 Å². The third-order valence-electron chi connectivity index (χ3n) is 3.70. The van der Waals surface area contributed by atoms with E-state index in [0.29, 0.717) is 0 Å². The van der Waals surface area contributed by atoms with Gasteiger partial charge in [-0.05, 0) is 37.8 Å². The first-order valence-electron chi connectivity index (χ1n) is 8.41. The molecule has 0 saturated carbocycles. The largest absolute Gasteiger partial charge is 0.317 e. The maximum Gasteiger partial charge on any atom is -0.00205 e. The molecule has 18 heavy (non-hydrogen) atoms. The minimum absolute atomic E-state index is 0.846. The lowest BCUT2D eigenvalue weighted by atomic mass is 9.91. The normalized spacial score (nSPS) is 13.2. The van der Waals surface area contributed by atoms with Crippen LogP contribution in [0.4, 0.5) is 0 Å². The first kappa shape index (κ1) is 18.0. The number of hydrogen-bond donors (Lipinski definition) is 1. The van der Waals surface area contributed by atoms with E-state index in [4.69, 9.17) is 0 Å². The molecule has 0 saturated heterocycles. The molecule has 0 fully saturated rings. The van der Waals surface area contributed by atoms with Gasteiger partial charge in [0, 0.05) is 0 Å². The Morgan fingerprint density at radius 3 is 2.00 bits per heavy atom. The van der Waals surface area contributed by atoms with E-state index < -0.39 is 0 Å². The summed E-state index contributed by atoms with van der Waals surface area (Å²) in [7, 11) is 0. The summed E-state index contributed by atoms with van der Waals surface area (Å²) in [5.74, 6) is 1.75. The molecule has 0 amide bonds. The fourth-order valence-electron chi connectivity index (χ4n) is 2.71. The van der Waals surface area contributed by atoms with Crippen LogP contribution < -0.4 is 5.32 Å². The minimum atomic E-state index is 0.846. The first-order valence-corrected chi connectivity index (χ1v) is 8.41. The Bertz CT molecular complexity index is 154. The van der Waals surface area contributed by atoms with E-state index in [0.717, 1.165) is 18.4 Å². The van der Waals surface area contributed by atoms with Crippen LogP contribution >= 0.6 is 0 Å². The average molecular weight is 255 g/mol. The van der Waals surface area contributed by atoms with Gasteiger partial charge in [-0.15, -0.1) is 0 Å². The third kappa shape index (κ3) is 12.4. The maximum absolute atomic E-state index is 3.52. The number of hydrogen-bond acceptors (Lipinski definition) is 1. The van der Waals surface area contributed by atoms with Crippen LogP contribution in [0.3, 0.4) is 0 Å². The Labute approximate surface area is 116 Å². The molecule has 0 aromatic rings. The van der Waals surface area contributed by atoms with E-state index in [9.17, 15) is 0 Å². The molecular formula is C17H37N. The van der Waals surface area contributed by atoms with Gasteiger partial charge in [-0.2, -0.15) is 0 Å². The van der Waals surface area contributed by atoms with Crippen molar-refractivity contribution in [2.45, 2.75) is 85.5 Å². The molecule has 0 radical (unpaired) electrons. The SMILES string of the molecule is CCCCCCCCCC(CNCC)CC(C)C. The molecule has 1 atom stereocenters. The second-order valence-corrected chi connectivity index (χ2v) is 6.21. The van der Waals surface area contributed by atoms with Crippen molar-refractivity contribution in [3.8, 4) is 0 Å². The Kier molecular flexibility index (Phi) is 13.4. The second-order valence-electron chi connectivity index (χ2n) is 6.21. The van der Waals surface area contributed by atoms with Gasteiger partial charge in [0.05, 0.1) is 0 Å². The van der Waals surface area contributed by atoms with Crippen molar-refractivity contribution >= 4 is 0 Å². The van der Waals surface area contributed by atoms with Crippen molar-refractivity contribution in [1.82, 2.24) is 5.32 Å². The fraction of sp³-hybridized carbons (Fsp3) is 1.00. The summed E-state index contributed by atoms with van der Waals surface area (Å²) in [6, 6.07) is 0. The highest BCUT2D eigenvalue weighted by atomic mass is 14.8. The monoisotopic (exact) mass is 255 g/mol. The predicted octanol–water partition coefficient (Wildman–Crippen LogP) is 5.40. The summed E-state index contributed by atoms with van der Waals surface area (Å²) in [6.45, 7) is 11.5. The average Bonchev–Trinajstić information content (AvgIpc) is 2.34. The highest BCUT2D eigenvalue weighted by Crippen LogP contribution is 2.19. The molecular weight excluding hydrogens is 218 g/mol. The smallest absolute Gasteiger partial charge is 0.00205 e.